The van der Waals surface area contributed by atoms with Crippen molar-refractivity contribution >= 4 is 38.6 Å². The lowest BCUT2D eigenvalue weighted by Gasteiger charge is -2.07. The fraction of sp³-hybridized carbons (Fsp3) is 0.100. The van der Waals surface area contributed by atoms with E-state index in [9.17, 15) is 8.42 Å². The van der Waals surface area contributed by atoms with Crippen molar-refractivity contribution in [3.8, 4) is 0 Å². The van der Waals surface area contributed by atoms with Crippen LogP contribution < -0.4 is 10.5 Å². The van der Waals surface area contributed by atoms with Crippen LogP contribution in [0.25, 0.3) is 0 Å². The monoisotopic (exact) mass is 303 g/mol. The van der Waals surface area contributed by atoms with Crippen molar-refractivity contribution in [1.82, 2.24) is 9.71 Å². The van der Waals surface area contributed by atoms with Gasteiger partial charge in [0.05, 0.1) is 22.8 Å². The number of rotatable bonds is 4. The highest BCUT2D eigenvalue weighted by Crippen LogP contribution is 2.23. The van der Waals surface area contributed by atoms with Gasteiger partial charge in [0.25, 0.3) is 0 Å². The minimum absolute atomic E-state index is 0.00796. The second-order valence-electron chi connectivity index (χ2n) is 3.49. The van der Waals surface area contributed by atoms with Crippen LogP contribution in [0.2, 0.25) is 5.02 Å². The average molecular weight is 304 g/mol. The molecule has 8 heteroatoms. The van der Waals surface area contributed by atoms with Crippen LogP contribution in [0.3, 0.4) is 0 Å². The first-order valence-electron chi connectivity index (χ1n) is 4.91. The Morgan fingerprint density at radius 3 is 2.83 bits per heavy atom. The fourth-order valence-corrected chi connectivity index (χ4v) is 3.41. The van der Waals surface area contributed by atoms with Crippen molar-refractivity contribution in [3.63, 3.8) is 0 Å². The molecule has 2 aromatic rings. The lowest BCUT2D eigenvalue weighted by molar-refractivity contribution is 0.580. The summed E-state index contributed by atoms with van der Waals surface area (Å²) in [6.07, 6.45) is 0. The van der Waals surface area contributed by atoms with E-state index in [1.807, 2.05) is 0 Å². The largest absolute Gasteiger partial charge is 0.399 e. The van der Waals surface area contributed by atoms with Gasteiger partial charge in [-0.1, -0.05) is 11.6 Å². The zero-order valence-corrected chi connectivity index (χ0v) is 11.5. The first kappa shape index (κ1) is 13.3. The standard InChI is InChI=1S/C10H10ClN3O2S2/c11-9-3-7(12)1-2-10(9)18(15,16)14-4-8-5-17-6-13-8/h1-3,5-6,14H,4,12H2. The van der Waals surface area contributed by atoms with E-state index >= 15 is 0 Å². The number of nitrogens with zero attached hydrogens (tertiary/aromatic N) is 1. The normalized spacial score (nSPS) is 11.6. The molecule has 0 atom stereocenters. The lowest BCUT2D eigenvalue weighted by Crippen LogP contribution is -2.23. The van der Waals surface area contributed by atoms with Crippen LogP contribution in [0.5, 0.6) is 0 Å². The summed E-state index contributed by atoms with van der Waals surface area (Å²) >= 11 is 7.26. The Hall–Kier alpha value is -1.15. The smallest absolute Gasteiger partial charge is 0.242 e. The van der Waals surface area contributed by atoms with E-state index in [4.69, 9.17) is 17.3 Å². The Morgan fingerprint density at radius 1 is 1.44 bits per heavy atom. The van der Waals surface area contributed by atoms with Gasteiger partial charge in [0.1, 0.15) is 4.90 Å². The molecule has 18 heavy (non-hydrogen) atoms. The van der Waals surface area contributed by atoms with Crippen molar-refractivity contribution in [2.45, 2.75) is 11.4 Å². The van der Waals surface area contributed by atoms with Crippen LogP contribution in [0.1, 0.15) is 5.69 Å². The van der Waals surface area contributed by atoms with Crippen LogP contribution >= 0.6 is 22.9 Å². The van der Waals surface area contributed by atoms with Crippen LogP contribution in [-0.2, 0) is 16.6 Å². The van der Waals surface area contributed by atoms with Gasteiger partial charge in [-0.15, -0.1) is 11.3 Å². The second kappa shape index (κ2) is 5.23. The summed E-state index contributed by atoms with van der Waals surface area (Å²) in [5.41, 5.74) is 8.23. The van der Waals surface area contributed by atoms with E-state index in [1.165, 1.54) is 29.5 Å². The molecule has 2 rings (SSSR count). The summed E-state index contributed by atoms with van der Waals surface area (Å²) < 4.78 is 26.4. The third-order valence-corrected chi connectivity index (χ3v) is 4.69. The quantitative estimate of drug-likeness (QED) is 0.844. The van der Waals surface area contributed by atoms with Crippen LogP contribution in [0.4, 0.5) is 5.69 Å². The molecule has 0 saturated heterocycles. The molecule has 0 fully saturated rings. The van der Waals surface area contributed by atoms with Gasteiger partial charge in [-0.05, 0) is 18.2 Å². The number of benzene rings is 1. The van der Waals surface area contributed by atoms with Crippen LogP contribution in [0.15, 0.2) is 34.0 Å². The molecule has 1 aromatic carbocycles. The van der Waals surface area contributed by atoms with Gasteiger partial charge in [-0.3, -0.25) is 0 Å². The topological polar surface area (TPSA) is 85.1 Å². The highest BCUT2D eigenvalue weighted by molar-refractivity contribution is 7.89. The van der Waals surface area contributed by atoms with E-state index in [2.05, 4.69) is 9.71 Å². The first-order valence-corrected chi connectivity index (χ1v) is 7.71. The molecule has 0 bridgehead atoms. The van der Waals surface area contributed by atoms with Crippen molar-refractivity contribution < 1.29 is 8.42 Å². The average Bonchev–Trinajstić information content (AvgIpc) is 2.78. The van der Waals surface area contributed by atoms with Crippen LogP contribution in [0, 0.1) is 0 Å². The molecule has 0 aliphatic rings. The van der Waals surface area contributed by atoms with Gasteiger partial charge < -0.3 is 5.73 Å². The summed E-state index contributed by atoms with van der Waals surface area (Å²) in [6, 6.07) is 4.27. The maximum absolute atomic E-state index is 12.0. The molecule has 1 aromatic heterocycles. The molecule has 0 aliphatic carbocycles. The SMILES string of the molecule is Nc1ccc(S(=O)(=O)NCc2cscn2)c(Cl)c1. The zero-order chi connectivity index (χ0) is 13.2. The molecule has 5 nitrogen and oxygen atoms in total. The summed E-state index contributed by atoms with van der Waals surface area (Å²) in [4.78, 5) is 4.00. The number of aromatic nitrogens is 1. The number of halogens is 1. The number of sulfonamides is 1. The number of nitrogen functional groups attached to an aromatic ring is 1. The molecule has 0 radical (unpaired) electrons. The molecular formula is C10H10ClN3O2S2. The second-order valence-corrected chi connectivity index (χ2v) is 6.36. The molecule has 0 saturated carbocycles. The number of anilines is 1. The maximum Gasteiger partial charge on any atom is 0.242 e. The summed E-state index contributed by atoms with van der Waals surface area (Å²) in [5.74, 6) is 0. The summed E-state index contributed by atoms with van der Waals surface area (Å²) in [6.45, 7) is 0.131. The van der Waals surface area contributed by atoms with Crippen molar-refractivity contribution in [2.75, 3.05) is 5.73 Å². The van der Waals surface area contributed by atoms with Gasteiger partial charge in [0.2, 0.25) is 10.0 Å². The number of thiazole rings is 1. The third kappa shape index (κ3) is 2.99. The van der Waals surface area contributed by atoms with Crippen LogP contribution in [-0.4, -0.2) is 13.4 Å². The van der Waals surface area contributed by atoms with Gasteiger partial charge in [-0.2, -0.15) is 0 Å². The summed E-state index contributed by atoms with van der Waals surface area (Å²) in [7, 11) is -3.66. The van der Waals surface area contributed by atoms with E-state index in [-0.39, 0.29) is 16.5 Å². The lowest BCUT2D eigenvalue weighted by atomic mass is 10.3. The Kier molecular flexibility index (Phi) is 3.86. The number of hydrogen-bond acceptors (Lipinski definition) is 5. The highest BCUT2D eigenvalue weighted by atomic mass is 35.5. The number of hydrogen-bond donors (Lipinski definition) is 2. The Balaban J connectivity index is 2.20. The minimum Gasteiger partial charge on any atom is -0.399 e. The molecule has 96 valence electrons. The van der Waals surface area contributed by atoms with Gasteiger partial charge in [-0.25, -0.2) is 18.1 Å². The third-order valence-electron chi connectivity index (χ3n) is 2.17. The van der Waals surface area contributed by atoms with Crippen molar-refractivity contribution in [2.24, 2.45) is 0 Å². The first-order chi connectivity index (χ1) is 8.49. The minimum atomic E-state index is -3.66. The Morgan fingerprint density at radius 2 is 2.22 bits per heavy atom. The molecular weight excluding hydrogens is 294 g/mol. The molecule has 3 N–H and O–H groups in total. The molecule has 0 amide bonds. The predicted octanol–water partition coefficient (Wildman–Crippen LogP) is 1.86. The van der Waals surface area contributed by atoms with E-state index < -0.39 is 10.0 Å². The van der Waals surface area contributed by atoms with Crippen molar-refractivity contribution in [3.05, 3.63) is 39.8 Å². The Labute approximate surface area is 114 Å². The Bertz CT molecular complexity index is 641. The maximum atomic E-state index is 12.0. The van der Waals surface area contributed by atoms with Gasteiger partial charge >= 0.3 is 0 Å². The molecule has 0 spiro atoms. The van der Waals surface area contributed by atoms with E-state index in [0.29, 0.717) is 11.4 Å². The molecule has 0 unspecified atom stereocenters. The van der Waals surface area contributed by atoms with Gasteiger partial charge in [0, 0.05) is 11.1 Å². The van der Waals surface area contributed by atoms with E-state index in [0.717, 1.165) is 0 Å². The highest BCUT2D eigenvalue weighted by Gasteiger charge is 2.17. The zero-order valence-electron chi connectivity index (χ0n) is 9.13. The molecule has 0 aliphatic heterocycles. The fourth-order valence-electron chi connectivity index (χ4n) is 1.31. The number of nitrogens with two attached hydrogens (primary N) is 1. The molecule has 1 heterocycles. The van der Waals surface area contributed by atoms with E-state index in [1.54, 1.807) is 10.9 Å². The predicted molar refractivity (Wildman–Crippen MR) is 72.0 cm³/mol. The number of nitrogens with one attached hydrogen (secondary N) is 1. The summed E-state index contributed by atoms with van der Waals surface area (Å²) in [5, 5.41) is 1.87. The van der Waals surface area contributed by atoms with Crippen molar-refractivity contribution in [1.29, 1.82) is 0 Å². The van der Waals surface area contributed by atoms with Gasteiger partial charge in [0.15, 0.2) is 0 Å².